The molecule has 0 aromatic heterocycles. The summed E-state index contributed by atoms with van der Waals surface area (Å²) >= 11 is 0. The summed E-state index contributed by atoms with van der Waals surface area (Å²) in [6.07, 6.45) is 4.06. The monoisotopic (exact) mass is 451 g/mol. The molecule has 2 aromatic rings. The van der Waals surface area contributed by atoms with Crippen LogP contribution in [0.3, 0.4) is 0 Å². The number of esters is 1. The first-order valence-corrected chi connectivity index (χ1v) is 12.5. The van der Waals surface area contributed by atoms with Gasteiger partial charge in [-0.2, -0.15) is 0 Å². The van der Waals surface area contributed by atoms with E-state index in [2.05, 4.69) is 57.3 Å². The van der Waals surface area contributed by atoms with Crippen molar-refractivity contribution in [1.82, 2.24) is 5.32 Å². The van der Waals surface area contributed by atoms with E-state index >= 15 is 0 Å². The van der Waals surface area contributed by atoms with E-state index in [-0.39, 0.29) is 24.0 Å². The summed E-state index contributed by atoms with van der Waals surface area (Å²) in [7, 11) is 1.67. The summed E-state index contributed by atoms with van der Waals surface area (Å²) in [5.74, 6) is 2.04. The highest BCUT2D eigenvalue weighted by molar-refractivity contribution is 5.74. The number of hydrogen-bond donors (Lipinski definition) is 1. The number of ether oxygens (including phenoxy) is 2. The molecule has 1 aliphatic carbocycles. The van der Waals surface area contributed by atoms with E-state index in [1.54, 1.807) is 7.11 Å². The Morgan fingerprint density at radius 3 is 2.36 bits per heavy atom. The van der Waals surface area contributed by atoms with Crippen LogP contribution in [-0.4, -0.2) is 19.2 Å². The summed E-state index contributed by atoms with van der Waals surface area (Å²) in [4.78, 5) is 13.6. The predicted octanol–water partition coefficient (Wildman–Crippen LogP) is 6.56. The van der Waals surface area contributed by atoms with Crippen molar-refractivity contribution in [1.29, 1.82) is 0 Å². The van der Waals surface area contributed by atoms with E-state index < -0.39 is 0 Å². The first-order chi connectivity index (χ1) is 15.9. The van der Waals surface area contributed by atoms with Crippen LogP contribution in [-0.2, 0) is 16.1 Å². The van der Waals surface area contributed by atoms with Crippen molar-refractivity contribution in [2.75, 3.05) is 7.11 Å². The Bertz CT molecular complexity index is 849. The molecule has 4 nitrogen and oxygen atoms in total. The lowest BCUT2D eigenvalue weighted by Gasteiger charge is -2.38. The Balaban J connectivity index is 1.81. The van der Waals surface area contributed by atoms with E-state index in [1.807, 2.05) is 30.3 Å². The Morgan fingerprint density at radius 2 is 1.76 bits per heavy atom. The van der Waals surface area contributed by atoms with Crippen LogP contribution in [0, 0.1) is 23.7 Å². The minimum atomic E-state index is -0.257. The van der Waals surface area contributed by atoms with Crippen molar-refractivity contribution in [2.24, 2.45) is 23.7 Å². The molecule has 0 radical (unpaired) electrons. The van der Waals surface area contributed by atoms with Gasteiger partial charge in [-0.25, -0.2) is 0 Å². The third kappa shape index (κ3) is 6.83. The molecule has 33 heavy (non-hydrogen) atoms. The highest BCUT2D eigenvalue weighted by Gasteiger charge is 2.37. The van der Waals surface area contributed by atoms with E-state index in [1.165, 1.54) is 12.0 Å². The molecule has 2 aromatic carbocycles. The highest BCUT2D eigenvalue weighted by Crippen LogP contribution is 2.37. The van der Waals surface area contributed by atoms with Gasteiger partial charge >= 0.3 is 5.97 Å². The topological polar surface area (TPSA) is 47.6 Å². The maximum atomic E-state index is 13.6. The lowest BCUT2D eigenvalue weighted by atomic mass is 9.75. The van der Waals surface area contributed by atoms with Crippen LogP contribution in [0.4, 0.5) is 0 Å². The van der Waals surface area contributed by atoms with Crippen molar-refractivity contribution in [3.63, 3.8) is 0 Å². The minimum Gasteiger partial charge on any atom is -0.497 e. The summed E-state index contributed by atoms with van der Waals surface area (Å²) in [5, 5.41) is 3.66. The molecule has 1 N–H and O–H groups in total. The van der Waals surface area contributed by atoms with Gasteiger partial charge in [0, 0.05) is 12.6 Å². The molecule has 0 amide bonds. The number of methoxy groups -OCH3 is 1. The normalized spacial score (nSPS) is 22.5. The fourth-order valence-electron chi connectivity index (χ4n) is 5.15. The van der Waals surface area contributed by atoms with Gasteiger partial charge < -0.3 is 14.8 Å². The molecule has 180 valence electrons. The Morgan fingerprint density at radius 1 is 1.06 bits per heavy atom. The van der Waals surface area contributed by atoms with E-state index in [4.69, 9.17) is 9.47 Å². The second kappa shape index (κ2) is 12.2. The van der Waals surface area contributed by atoms with E-state index in [0.717, 1.165) is 24.2 Å². The van der Waals surface area contributed by atoms with Gasteiger partial charge in [0.25, 0.3) is 0 Å². The molecule has 1 aliphatic rings. The molecule has 0 heterocycles. The molecule has 5 atom stereocenters. The van der Waals surface area contributed by atoms with E-state index in [0.29, 0.717) is 30.7 Å². The maximum absolute atomic E-state index is 13.6. The molecule has 1 saturated carbocycles. The standard InChI is InChI=1S/C29H41NO3/c1-6-25(29(31)33-27-18-21(4)12-17-26(27)20(2)3)28(23-13-15-24(32-5)16-14-23)30-19-22-10-8-7-9-11-22/h7-11,13-16,20-21,25-28,30H,6,12,17-19H2,1-5H3/t21-,25-,26+,27-,28-/m1/s1. The van der Waals surface area contributed by atoms with Gasteiger partial charge in [0.1, 0.15) is 11.9 Å². The van der Waals surface area contributed by atoms with Gasteiger partial charge in [-0.05, 0) is 60.3 Å². The van der Waals surface area contributed by atoms with Crippen molar-refractivity contribution in [2.45, 2.75) is 72.1 Å². The van der Waals surface area contributed by atoms with E-state index in [9.17, 15) is 4.79 Å². The second-order valence-corrected chi connectivity index (χ2v) is 9.93. The molecule has 0 spiro atoms. The number of benzene rings is 2. The summed E-state index contributed by atoms with van der Waals surface area (Å²) < 4.78 is 11.6. The van der Waals surface area contributed by atoms with Crippen molar-refractivity contribution >= 4 is 5.97 Å². The zero-order valence-corrected chi connectivity index (χ0v) is 20.9. The van der Waals surface area contributed by atoms with Crippen LogP contribution in [0.5, 0.6) is 5.75 Å². The van der Waals surface area contributed by atoms with Gasteiger partial charge in [0.15, 0.2) is 0 Å². The van der Waals surface area contributed by atoms with Gasteiger partial charge in [-0.1, -0.05) is 76.6 Å². The average Bonchev–Trinajstić information content (AvgIpc) is 2.82. The minimum absolute atomic E-state index is 0.0148. The lowest BCUT2D eigenvalue weighted by Crippen LogP contribution is -2.40. The fourth-order valence-corrected chi connectivity index (χ4v) is 5.15. The largest absolute Gasteiger partial charge is 0.497 e. The Labute approximate surface area is 200 Å². The Hall–Kier alpha value is -2.33. The molecule has 0 unspecified atom stereocenters. The number of hydrogen-bond acceptors (Lipinski definition) is 4. The number of rotatable bonds is 10. The van der Waals surface area contributed by atoms with Crippen molar-refractivity contribution < 1.29 is 14.3 Å². The fraction of sp³-hybridized carbons (Fsp3) is 0.552. The number of nitrogens with one attached hydrogen (secondary N) is 1. The Kier molecular flexibility index (Phi) is 9.37. The summed E-state index contributed by atoms with van der Waals surface area (Å²) in [5.41, 5.74) is 2.27. The van der Waals surface area contributed by atoms with Crippen LogP contribution in [0.2, 0.25) is 0 Å². The predicted molar refractivity (Wildman–Crippen MR) is 134 cm³/mol. The van der Waals surface area contributed by atoms with Crippen molar-refractivity contribution in [3.05, 3.63) is 65.7 Å². The third-order valence-corrected chi connectivity index (χ3v) is 7.22. The smallest absolute Gasteiger partial charge is 0.311 e. The van der Waals surface area contributed by atoms with Crippen LogP contribution in [0.1, 0.15) is 70.5 Å². The van der Waals surface area contributed by atoms with Gasteiger partial charge in [0.05, 0.1) is 13.0 Å². The summed E-state index contributed by atoms with van der Waals surface area (Å²) in [6.45, 7) is 9.55. The molecule has 0 aliphatic heterocycles. The van der Waals surface area contributed by atoms with Crippen LogP contribution < -0.4 is 10.1 Å². The maximum Gasteiger partial charge on any atom is 0.311 e. The zero-order valence-electron chi connectivity index (χ0n) is 20.9. The van der Waals surface area contributed by atoms with Crippen LogP contribution >= 0.6 is 0 Å². The quantitative estimate of drug-likeness (QED) is 0.416. The van der Waals surface area contributed by atoms with Gasteiger partial charge in [0.2, 0.25) is 0 Å². The molecular weight excluding hydrogens is 410 g/mol. The molecule has 0 saturated heterocycles. The van der Waals surface area contributed by atoms with Crippen LogP contribution in [0.25, 0.3) is 0 Å². The zero-order chi connectivity index (χ0) is 23.8. The molecule has 4 heteroatoms. The lowest BCUT2D eigenvalue weighted by molar-refractivity contribution is -0.162. The molecule has 1 fully saturated rings. The average molecular weight is 452 g/mol. The highest BCUT2D eigenvalue weighted by atomic mass is 16.5. The number of carbonyl (C=O) groups is 1. The second-order valence-electron chi connectivity index (χ2n) is 9.93. The SMILES string of the molecule is CC[C@@H](C(=O)O[C@@H]1C[C@H](C)CC[C@H]1C(C)C)[C@H](NCc1ccccc1)c1ccc(OC)cc1. The number of carbonyl (C=O) groups excluding carboxylic acids is 1. The van der Waals surface area contributed by atoms with Gasteiger partial charge in [-0.3, -0.25) is 4.79 Å². The van der Waals surface area contributed by atoms with Gasteiger partial charge in [-0.15, -0.1) is 0 Å². The first-order valence-electron chi connectivity index (χ1n) is 12.5. The third-order valence-electron chi connectivity index (χ3n) is 7.22. The molecule has 0 bridgehead atoms. The van der Waals surface area contributed by atoms with Crippen LogP contribution in [0.15, 0.2) is 54.6 Å². The van der Waals surface area contributed by atoms with Crippen molar-refractivity contribution in [3.8, 4) is 5.75 Å². The molecular formula is C29H41NO3. The summed E-state index contributed by atoms with van der Waals surface area (Å²) in [6, 6.07) is 18.2. The molecule has 3 rings (SSSR count). The first kappa shape index (κ1) is 25.3.